The first-order valence-corrected chi connectivity index (χ1v) is 15.9. The molecule has 3 amide bonds. The molecule has 1 atom stereocenters. The van der Waals surface area contributed by atoms with Crippen molar-refractivity contribution in [2.24, 2.45) is 0 Å². The third-order valence-electron chi connectivity index (χ3n) is 6.78. The maximum absolute atomic E-state index is 13.6. The highest BCUT2D eigenvalue weighted by Crippen LogP contribution is 2.38. The van der Waals surface area contributed by atoms with Gasteiger partial charge in [0, 0.05) is 16.1 Å². The minimum absolute atomic E-state index is 0.0810. The normalized spacial score (nSPS) is 11.8. The van der Waals surface area contributed by atoms with E-state index < -0.39 is 17.1 Å². The van der Waals surface area contributed by atoms with E-state index in [0.29, 0.717) is 22.0 Å². The van der Waals surface area contributed by atoms with Gasteiger partial charge in [-0.05, 0) is 66.6 Å². The highest BCUT2D eigenvalue weighted by Gasteiger charge is 2.24. The van der Waals surface area contributed by atoms with Gasteiger partial charge in [0.25, 0.3) is 11.8 Å². The van der Waals surface area contributed by atoms with Crippen LogP contribution in [0.5, 0.6) is 0 Å². The topological polar surface area (TPSA) is 87.3 Å². The molecule has 0 saturated carbocycles. The lowest BCUT2D eigenvalue weighted by Crippen LogP contribution is -2.30. The summed E-state index contributed by atoms with van der Waals surface area (Å²) in [6.45, 7) is 1.95. The van der Waals surface area contributed by atoms with Crippen LogP contribution in [0.1, 0.15) is 32.3 Å². The second-order valence-corrected chi connectivity index (χ2v) is 12.2. The van der Waals surface area contributed by atoms with Crippen LogP contribution in [-0.2, 0) is 9.59 Å². The molecule has 5 rings (SSSR count). The van der Waals surface area contributed by atoms with Gasteiger partial charge in [0.2, 0.25) is 5.91 Å². The molecular weight excluding hydrogens is 637 g/mol. The summed E-state index contributed by atoms with van der Waals surface area (Å²) in [6.07, 6.45) is 1.64. The Morgan fingerprint density at radius 2 is 1.43 bits per heavy atom. The number of nitrogens with one attached hydrogen (secondary N) is 3. The second-order valence-electron chi connectivity index (χ2n) is 10.3. The van der Waals surface area contributed by atoms with Gasteiger partial charge >= 0.3 is 0 Å². The maximum atomic E-state index is 13.6. The number of amides is 3. The zero-order valence-electron chi connectivity index (χ0n) is 24.7. The highest BCUT2D eigenvalue weighted by molar-refractivity contribution is 8.00. The Morgan fingerprint density at radius 1 is 0.739 bits per heavy atom. The Labute approximate surface area is 281 Å². The van der Waals surface area contributed by atoms with Crippen molar-refractivity contribution in [1.29, 1.82) is 0 Å². The number of aryl methyl sites for hydroxylation is 1. The molecule has 5 aromatic carbocycles. The van der Waals surface area contributed by atoms with Gasteiger partial charge in [0.1, 0.15) is 10.9 Å². The average molecular weight is 667 g/mol. The third kappa shape index (κ3) is 8.67. The van der Waals surface area contributed by atoms with E-state index in [-0.39, 0.29) is 16.6 Å². The molecule has 0 radical (unpaired) electrons. The van der Waals surface area contributed by atoms with E-state index in [1.165, 1.54) is 11.8 Å². The summed E-state index contributed by atoms with van der Waals surface area (Å²) < 4.78 is 0. The molecule has 0 aliphatic heterocycles. The molecular formula is C37H29Cl2N3O3S. The van der Waals surface area contributed by atoms with E-state index in [4.69, 9.17) is 23.2 Å². The van der Waals surface area contributed by atoms with Crippen molar-refractivity contribution in [2.45, 2.75) is 17.1 Å². The van der Waals surface area contributed by atoms with Gasteiger partial charge in [0.15, 0.2) is 0 Å². The number of rotatable bonds is 10. The summed E-state index contributed by atoms with van der Waals surface area (Å²) >= 11 is 13.8. The third-order valence-corrected chi connectivity index (χ3v) is 8.84. The first kappa shape index (κ1) is 32.6. The molecule has 6 nitrogen and oxygen atoms in total. The van der Waals surface area contributed by atoms with Crippen LogP contribution in [0.15, 0.2) is 138 Å². The molecule has 0 aliphatic carbocycles. The molecule has 230 valence electrons. The number of carbonyl (C=O) groups excluding carboxylic acids is 3. The molecule has 3 N–H and O–H groups in total. The quantitative estimate of drug-likeness (QED) is 0.103. The van der Waals surface area contributed by atoms with Gasteiger partial charge in [-0.2, -0.15) is 0 Å². The lowest BCUT2D eigenvalue weighted by molar-refractivity contribution is -0.116. The first-order valence-electron chi connectivity index (χ1n) is 14.3. The van der Waals surface area contributed by atoms with Crippen molar-refractivity contribution in [2.75, 3.05) is 10.6 Å². The summed E-state index contributed by atoms with van der Waals surface area (Å²) in [5, 5.41) is 8.51. The van der Waals surface area contributed by atoms with Gasteiger partial charge in [0.05, 0.1) is 15.7 Å². The molecule has 0 saturated heterocycles. The lowest BCUT2D eigenvalue weighted by Gasteiger charge is -2.18. The number of carbonyl (C=O) groups is 3. The molecule has 0 fully saturated rings. The summed E-state index contributed by atoms with van der Waals surface area (Å²) in [5.41, 5.74) is 3.97. The zero-order chi connectivity index (χ0) is 32.5. The second kappa shape index (κ2) is 15.5. The highest BCUT2D eigenvalue weighted by atomic mass is 35.5. The van der Waals surface area contributed by atoms with E-state index >= 15 is 0 Å². The van der Waals surface area contributed by atoms with Crippen molar-refractivity contribution in [3.8, 4) is 0 Å². The minimum Gasteiger partial charge on any atom is -0.323 e. The van der Waals surface area contributed by atoms with Crippen LogP contribution in [0.4, 0.5) is 11.4 Å². The molecule has 0 aliphatic rings. The fraction of sp³-hybridized carbons (Fsp3) is 0.0541. The first-order chi connectivity index (χ1) is 22.3. The molecule has 0 bridgehead atoms. The van der Waals surface area contributed by atoms with Crippen LogP contribution in [-0.4, -0.2) is 17.7 Å². The number of hydrogen-bond donors (Lipinski definition) is 3. The van der Waals surface area contributed by atoms with E-state index in [2.05, 4.69) is 16.0 Å². The Balaban J connectivity index is 1.38. The molecule has 1 unspecified atom stereocenters. The fourth-order valence-electron chi connectivity index (χ4n) is 4.55. The van der Waals surface area contributed by atoms with E-state index in [1.807, 2.05) is 73.7 Å². The Morgan fingerprint density at radius 3 is 2.17 bits per heavy atom. The van der Waals surface area contributed by atoms with Crippen LogP contribution in [0.25, 0.3) is 6.08 Å². The van der Waals surface area contributed by atoms with Crippen LogP contribution >= 0.6 is 35.0 Å². The molecule has 5 aromatic rings. The zero-order valence-corrected chi connectivity index (χ0v) is 27.0. The monoisotopic (exact) mass is 665 g/mol. The summed E-state index contributed by atoms with van der Waals surface area (Å²) in [7, 11) is 0. The minimum atomic E-state index is -0.649. The number of anilines is 2. The standard InChI is InChI=1S/C37H29Cl2N3O3S/c1-24-11-8-12-25(21-24)22-32(42-35(43)27-15-6-3-7-16-27)36(44)40-28-17-9-18-29(23-28)46-34(26-13-4-2-5-14-26)37(45)41-31-20-10-19-30(38)33(31)39/h2-23,34H,1H3,(H,40,44)(H,41,45)(H,42,43)/b32-22+. The van der Waals surface area contributed by atoms with Crippen LogP contribution < -0.4 is 16.0 Å². The van der Waals surface area contributed by atoms with Crippen LogP contribution in [0.3, 0.4) is 0 Å². The lowest BCUT2D eigenvalue weighted by atomic mass is 10.1. The van der Waals surface area contributed by atoms with Crippen molar-refractivity contribution in [1.82, 2.24) is 5.32 Å². The fourth-order valence-corrected chi connectivity index (χ4v) is 5.98. The Kier molecular flexibility index (Phi) is 10.9. The van der Waals surface area contributed by atoms with Crippen LogP contribution in [0.2, 0.25) is 10.0 Å². The number of hydrogen-bond acceptors (Lipinski definition) is 4. The summed E-state index contributed by atoms with van der Waals surface area (Å²) in [5.74, 6) is -1.20. The van der Waals surface area contributed by atoms with Crippen molar-refractivity contribution >= 4 is 70.1 Å². The van der Waals surface area contributed by atoms with E-state index in [0.717, 1.165) is 21.6 Å². The van der Waals surface area contributed by atoms with Gasteiger partial charge < -0.3 is 16.0 Å². The number of thioether (sulfide) groups is 1. The number of benzene rings is 5. The van der Waals surface area contributed by atoms with Gasteiger partial charge in [-0.3, -0.25) is 14.4 Å². The molecule has 0 spiro atoms. The van der Waals surface area contributed by atoms with Crippen LogP contribution in [0, 0.1) is 6.92 Å². The Hall–Kier alpha value is -4.82. The predicted octanol–water partition coefficient (Wildman–Crippen LogP) is 9.18. The molecule has 46 heavy (non-hydrogen) atoms. The van der Waals surface area contributed by atoms with Gasteiger partial charge in [-0.25, -0.2) is 0 Å². The number of halogens is 2. The molecule has 9 heteroatoms. The van der Waals surface area contributed by atoms with Gasteiger partial charge in [-0.1, -0.05) is 114 Å². The molecule has 0 aromatic heterocycles. The van der Waals surface area contributed by atoms with Crippen molar-refractivity contribution in [3.05, 3.63) is 165 Å². The largest absolute Gasteiger partial charge is 0.323 e. The maximum Gasteiger partial charge on any atom is 0.272 e. The molecule has 0 heterocycles. The van der Waals surface area contributed by atoms with Crippen molar-refractivity contribution in [3.63, 3.8) is 0 Å². The Bertz CT molecular complexity index is 1900. The van der Waals surface area contributed by atoms with Gasteiger partial charge in [-0.15, -0.1) is 11.8 Å². The van der Waals surface area contributed by atoms with E-state index in [9.17, 15) is 14.4 Å². The summed E-state index contributed by atoms with van der Waals surface area (Å²) in [6, 6.07) is 37.9. The van der Waals surface area contributed by atoms with E-state index in [1.54, 1.807) is 66.7 Å². The summed E-state index contributed by atoms with van der Waals surface area (Å²) in [4.78, 5) is 41.0. The smallest absolute Gasteiger partial charge is 0.272 e. The average Bonchev–Trinajstić information content (AvgIpc) is 3.06. The SMILES string of the molecule is Cc1cccc(/C=C(/NC(=O)c2ccccc2)C(=O)Nc2cccc(SC(C(=O)Nc3cccc(Cl)c3Cl)c3ccccc3)c2)c1. The predicted molar refractivity (Wildman–Crippen MR) is 188 cm³/mol. The van der Waals surface area contributed by atoms with Crippen molar-refractivity contribution < 1.29 is 14.4 Å².